The lowest BCUT2D eigenvalue weighted by molar-refractivity contribution is -0.274. The summed E-state index contributed by atoms with van der Waals surface area (Å²) in [5.41, 5.74) is 2.27. The van der Waals surface area contributed by atoms with Crippen LogP contribution in [0.1, 0.15) is 55.9 Å². The number of nitrogens with zero attached hydrogens (tertiary/aromatic N) is 2. The summed E-state index contributed by atoms with van der Waals surface area (Å²) >= 11 is 0. The summed E-state index contributed by atoms with van der Waals surface area (Å²) < 4.78 is 43.5. The number of aliphatic carboxylic acids is 1. The van der Waals surface area contributed by atoms with Crippen LogP contribution in [0.3, 0.4) is 0 Å². The minimum absolute atomic E-state index is 0.126. The number of benzene rings is 2. The largest absolute Gasteiger partial charge is 0.573 e. The summed E-state index contributed by atoms with van der Waals surface area (Å²) in [5.74, 6) is -1.50. The highest BCUT2D eigenvalue weighted by Gasteiger charge is 2.32. The minimum atomic E-state index is -4.77. The van der Waals surface area contributed by atoms with E-state index in [1.165, 1.54) is 24.3 Å². The number of carbonyl (C=O) groups excluding carboxylic acids is 1. The van der Waals surface area contributed by atoms with Crippen LogP contribution in [0, 0.1) is 5.41 Å². The van der Waals surface area contributed by atoms with Gasteiger partial charge < -0.3 is 25.0 Å². The van der Waals surface area contributed by atoms with E-state index in [0.717, 1.165) is 31.2 Å². The SMILES string of the molecule is CC1(C)CCC[C@H](n2c(Nc3ccc(OC(F)(F)F)cc3)nc3cc(C(=O)NCC(=O)O)ccc32)C1. The molecule has 36 heavy (non-hydrogen) atoms. The second-order valence-corrected chi connectivity index (χ2v) is 9.70. The minimum Gasteiger partial charge on any atom is -0.480 e. The second kappa shape index (κ2) is 9.71. The zero-order valence-electron chi connectivity index (χ0n) is 19.9. The molecule has 0 radical (unpaired) electrons. The third kappa shape index (κ3) is 6.07. The predicted molar refractivity (Wildman–Crippen MR) is 127 cm³/mol. The first-order valence-corrected chi connectivity index (χ1v) is 11.5. The van der Waals surface area contributed by atoms with Gasteiger partial charge in [0.2, 0.25) is 5.95 Å². The van der Waals surface area contributed by atoms with Gasteiger partial charge in [-0.15, -0.1) is 13.2 Å². The van der Waals surface area contributed by atoms with Crippen LogP contribution in [0.25, 0.3) is 11.0 Å². The van der Waals surface area contributed by atoms with Crippen LogP contribution in [0.4, 0.5) is 24.8 Å². The van der Waals surface area contributed by atoms with Crippen LogP contribution < -0.4 is 15.4 Å². The predicted octanol–water partition coefficient (Wildman–Crippen LogP) is 5.63. The Labute approximate surface area is 205 Å². The molecule has 3 N–H and O–H groups in total. The topological polar surface area (TPSA) is 105 Å². The van der Waals surface area contributed by atoms with E-state index < -0.39 is 24.8 Å². The smallest absolute Gasteiger partial charge is 0.480 e. The number of hydrogen-bond donors (Lipinski definition) is 3. The van der Waals surface area contributed by atoms with Crippen molar-refractivity contribution in [1.82, 2.24) is 14.9 Å². The number of carboxylic acids is 1. The van der Waals surface area contributed by atoms with E-state index in [9.17, 15) is 22.8 Å². The molecule has 0 spiro atoms. The van der Waals surface area contributed by atoms with Gasteiger partial charge in [0.1, 0.15) is 12.3 Å². The number of carboxylic acid groups (broad SMARTS) is 1. The maximum atomic E-state index is 12.5. The van der Waals surface area contributed by atoms with Gasteiger partial charge >= 0.3 is 12.3 Å². The summed E-state index contributed by atoms with van der Waals surface area (Å²) in [6, 6.07) is 10.5. The number of rotatable bonds is 7. The van der Waals surface area contributed by atoms with Gasteiger partial charge in [-0.2, -0.15) is 0 Å². The zero-order valence-corrected chi connectivity index (χ0v) is 19.9. The fourth-order valence-electron chi connectivity index (χ4n) is 4.70. The lowest BCUT2D eigenvalue weighted by atomic mass is 9.75. The van der Waals surface area contributed by atoms with E-state index in [0.29, 0.717) is 17.2 Å². The summed E-state index contributed by atoms with van der Waals surface area (Å²) in [6.07, 6.45) is -0.788. The number of fused-ring (bicyclic) bond motifs is 1. The van der Waals surface area contributed by atoms with Crippen LogP contribution in [0.5, 0.6) is 5.75 Å². The second-order valence-electron chi connectivity index (χ2n) is 9.70. The van der Waals surface area contributed by atoms with E-state index in [2.05, 4.69) is 33.8 Å². The number of anilines is 2. The third-order valence-electron chi connectivity index (χ3n) is 6.24. The van der Waals surface area contributed by atoms with E-state index in [1.807, 2.05) is 0 Å². The lowest BCUT2D eigenvalue weighted by Crippen LogP contribution is -2.29. The van der Waals surface area contributed by atoms with E-state index in [1.54, 1.807) is 18.2 Å². The Bertz CT molecular complexity index is 1270. The number of ether oxygens (including phenoxy) is 1. The molecule has 1 saturated carbocycles. The highest BCUT2D eigenvalue weighted by Crippen LogP contribution is 2.43. The summed E-state index contributed by atoms with van der Waals surface area (Å²) in [4.78, 5) is 27.9. The van der Waals surface area contributed by atoms with Crippen molar-refractivity contribution in [2.45, 2.75) is 51.9 Å². The summed E-state index contributed by atoms with van der Waals surface area (Å²) in [7, 11) is 0. The van der Waals surface area contributed by atoms with Gasteiger partial charge in [0.05, 0.1) is 11.0 Å². The molecule has 1 aliphatic rings. The maximum Gasteiger partial charge on any atom is 0.573 e. The molecule has 0 unspecified atom stereocenters. The maximum absolute atomic E-state index is 12.5. The molecule has 0 aliphatic heterocycles. The fourth-order valence-corrected chi connectivity index (χ4v) is 4.70. The third-order valence-corrected chi connectivity index (χ3v) is 6.24. The van der Waals surface area contributed by atoms with Gasteiger partial charge in [0, 0.05) is 17.3 Å². The molecule has 4 rings (SSSR count). The number of aromatic nitrogens is 2. The van der Waals surface area contributed by atoms with Crippen molar-refractivity contribution in [2.24, 2.45) is 5.41 Å². The van der Waals surface area contributed by atoms with Crippen LogP contribution in [-0.2, 0) is 4.79 Å². The van der Waals surface area contributed by atoms with Gasteiger partial charge in [-0.05, 0) is 67.1 Å². The first-order valence-electron chi connectivity index (χ1n) is 11.5. The molecule has 1 atom stereocenters. The van der Waals surface area contributed by atoms with Gasteiger partial charge in [0.15, 0.2) is 0 Å². The summed E-state index contributed by atoms with van der Waals surface area (Å²) in [5, 5.41) is 14.4. The normalized spacial score (nSPS) is 17.5. The van der Waals surface area contributed by atoms with Crippen LogP contribution in [0.15, 0.2) is 42.5 Å². The molecule has 2 aromatic carbocycles. The molecule has 192 valence electrons. The van der Waals surface area contributed by atoms with Crippen molar-refractivity contribution < 1.29 is 32.6 Å². The van der Waals surface area contributed by atoms with Gasteiger partial charge in [-0.25, -0.2) is 4.98 Å². The molecule has 0 saturated heterocycles. The Morgan fingerprint density at radius 2 is 1.92 bits per heavy atom. The number of halogens is 3. The first-order chi connectivity index (χ1) is 16.9. The Morgan fingerprint density at radius 1 is 1.19 bits per heavy atom. The monoisotopic (exact) mass is 504 g/mol. The molecular formula is C25H27F3N4O4. The number of alkyl halides is 3. The van der Waals surface area contributed by atoms with Crippen molar-refractivity contribution in [3.63, 3.8) is 0 Å². The number of imidazole rings is 1. The van der Waals surface area contributed by atoms with Gasteiger partial charge in [-0.3, -0.25) is 9.59 Å². The van der Waals surface area contributed by atoms with Crippen molar-refractivity contribution in [3.05, 3.63) is 48.0 Å². The Morgan fingerprint density at radius 3 is 2.56 bits per heavy atom. The fraction of sp³-hybridized carbons (Fsp3) is 0.400. The van der Waals surface area contributed by atoms with Gasteiger partial charge in [-0.1, -0.05) is 20.3 Å². The molecule has 1 fully saturated rings. The number of carbonyl (C=O) groups is 2. The first kappa shape index (κ1) is 25.3. The van der Waals surface area contributed by atoms with E-state index >= 15 is 0 Å². The average molecular weight is 505 g/mol. The van der Waals surface area contributed by atoms with Crippen LogP contribution >= 0.6 is 0 Å². The molecule has 1 amide bonds. The highest BCUT2D eigenvalue weighted by molar-refractivity contribution is 5.99. The number of amides is 1. The molecule has 1 heterocycles. The molecule has 3 aromatic rings. The summed E-state index contributed by atoms with van der Waals surface area (Å²) in [6.45, 7) is 3.94. The Hall–Kier alpha value is -3.76. The molecule has 11 heteroatoms. The van der Waals surface area contributed by atoms with Crippen LogP contribution in [0.2, 0.25) is 0 Å². The quantitative estimate of drug-likeness (QED) is 0.385. The molecule has 0 bridgehead atoms. The van der Waals surface area contributed by atoms with E-state index in [-0.39, 0.29) is 22.8 Å². The highest BCUT2D eigenvalue weighted by atomic mass is 19.4. The number of hydrogen-bond acceptors (Lipinski definition) is 5. The van der Waals surface area contributed by atoms with Crippen molar-refractivity contribution in [2.75, 3.05) is 11.9 Å². The van der Waals surface area contributed by atoms with Crippen molar-refractivity contribution >= 4 is 34.5 Å². The van der Waals surface area contributed by atoms with E-state index in [4.69, 9.17) is 10.1 Å². The van der Waals surface area contributed by atoms with Gasteiger partial charge in [0.25, 0.3) is 5.91 Å². The average Bonchev–Trinajstić information content (AvgIpc) is 3.14. The molecule has 1 aliphatic carbocycles. The standard InChI is InChI=1S/C25H27F3N4O4/c1-24(2)11-3-4-17(13-24)32-20-10-5-15(22(35)29-14-21(33)34)12-19(20)31-23(32)30-16-6-8-18(9-7-16)36-25(26,27)28/h5-10,12,17H,3-4,11,13-14H2,1-2H3,(H,29,35)(H,30,31)(H,33,34)/t17-/m0/s1. The Kier molecular flexibility index (Phi) is 6.83. The zero-order chi connectivity index (χ0) is 26.1. The lowest BCUT2D eigenvalue weighted by Gasteiger charge is -2.36. The molecule has 1 aromatic heterocycles. The Balaban J connectivity index is 1.68. The molecule has 8 nitrogen and oxygen atoms in total. The molecular weight excluding hydrogens is 477 g/mol. The van der Waals surface area contributed by atoms with Crippen molar-refractivity contribution in [1.29, 1.82) is 0 Å². The van der Waals surface area contributed by atoms with Crippen LogP contribution in [-0.4, -0.2) is 39.4 Å². The number of nitrogens with one attached hydrogen (secondary N) is 2. The van der Waals surface area contributed by atoms with Crippen molar-refractivity contribution in [3.8, 4) is 5.75 Å².